The molecule has 0 bridgehead atoms. The summed E-state index contributed by atoms with van der Waals surface area (Å²) in [6.45, 7) is 1.83. The van der Waals surface area contributed by atoms with Gasteiger partial charge in [0.2, 0.25) is 0 Å². The number of nitrogens with zero attached hydrogens (tertiary/aromatic N) is 1. The Morgan fingerprint density at radius 3 is 3.00 bits per heavy atom. The first-order valence-corrected chi connectivity index (χ1v) is 7.59. The van der Waals surface area contributed by atoms with Crippen LogP contribution >= 0.6 is 11.8 Å². The SMILES string of the molecule is Cc1cc(=O)[nH]c(SC2CCc3ccccc3C2N)n1. The van der Waals surface area contributed by atoms with Gasteiger partial charge in [0.25, 0.3) is 5.56 Å². The number of hydrogen-bond acceptors (Lipinski definition) is 4. The number of hydrogen-bond donors (Lipinski definition) is 2. The lowest BCUT2D eigenvalue weighted by atomic mass is 9.88. The average Bonchev–Trinajstić information content (AvgIpc) is 2.41. The zero-order chi connectivity index (χ0) is 14.1. The molecular formula is C15H17N3OS. The third-order valence-corrected chi connectivity index (χ3v) is 4.87. The summed E-state index contributed by atoms with van der Waals surface area (Å²) in [4.78, 5) is 18.6. The van der Waals surface area contributed by atoms with Crippen molar-refractivity contribution < 1.29 is 0 Å². The smallest absolute Gasteiger partial charge is 0.251 e. The van der Waals surface area contributed by atoms with E-state index in [2.05, 4.69) is 28.2 Å². The third-order valence-electron chi connectivity index (χ3n) is 3.62. The molecule has 2 aromatic rings. The predicted molar refractivity (Wildman–Crippen MR) is 80.9 cm³/mol. The maximum atomic E-state index is 11.5. The lowest BCUT2D eigenvalue weighted by Gasteiger charge is -2.30. The van der Waals surface area contributed by atoms with Crippen LogP contribution in [0.5, 0.6) is 0 Å². The van der Waals surface area contributed by atoms with E-state index < -0.39 is 0 Å². The minimum absolute atomic E-state index is 0.0178. The van der Waals surface area contributed by atoms with E-state index in [1.807, 2.05) is 13.0 Å². The highest BCUT2D eigenvalue weighted by molar-refractivity contribution is 7.99. The largest absolute Gasteiger partial charge is 0.323 e. The van der Waals surface area contributed by atoms with Crippen molar-refractivity contribution in [2.45, 2.75) is 36.2 Å². The van der Waals surface area contributed by atoms with E-state index in [0.717, 1.165) is 18.5 Å². The second-order valence-corrected chi connectivity index (χ2v) is 6.34. The van der Waals surface area contributed by atoms with Crippen LogP contribution in [0.15, 0.2) is 40.3 Å². The summed E-state index contributed by atoms with van der Waals surface area (Å²) in [5.41, 5.74) is 9.55. The van der Waals surface area contributed by atoms with E-state index in [4.69, 9.17) is 5.73 Å². The fourth-order valence-electron chi connectivity index (χ4n) is 2.65. The number of nitrogens with two attached hydrogens (primary N) is 1. The molecule has 0 fully saturated rings. The van der Waals surface area contributed by atoms with Crippen molar-refractivity contribution >= 4 is 11.8 Å². The molecule has 1 aromatic heterocycles. The standard InChI is InChI=1S/C15H17N3OS/c1-9-8-13(19)18-15(17-9)20-12-7-6-10-4-2-3-5-11(10)14(12)16/h2-5,8,12,14H,6-7,16H2,1H3,(H,17,18,19). The van der Waals surface area contributed by atoms with E-state index >= 15 is 0 Å². The van der Waals surface area contributed by atoms with Crippen molar-refractivity contribution in [2.75, 3.05) is 0 Å². The zero-order valence-corrected chi connectivity index (χ0v) is 12.1. The molecule has 20 heavy (non-hydrogen) atoms. The van der Waals surface area contributed by atoms with Crippen molar-refractivity contribution in [3.05, 3.63) is 57.5 Å². The van der Waals surface area contributed by atoms with Crippen molar-refractivity contribution in [1.29, 1.82) is 0 Å². The molecule has 0 saturated carbocycles. The first-order chi connectivity index (χ1) is 9.63. The van der Waals surface area contributed by atoms with Gasteiger partial charge in [0.05, 0.1) is 0 Å². The average molecular weight is 287 g/mol. The van der Waals surface area contributed by atoms with Crippen LogP contribution in [0.2, 0.25) is 0 Å². The van der Waals surface area contributed by atoms with E-state index in [9.17, 15) is 4.79 Å². The second kappa shape index (κ2) is 5.42. The molecular weight excluding hydrogens is 270 g/mol. The summed E-state index contributed by atoms with van der Waals surface area (Å²) >= 11 is 1.57. The molecule has 4 nitrogen and oxygen atoms in total. The molecule has 0 aliphatic heterocycles. The molecule has 104 valence electrons. The fourth-order valence-corrected chi connectivity index (χ4v) is 3.82. The Balaban J connectivity index is 1.84. The fraction of sp³-hybridized carbons (Fsp3) is 0.333. The molecule has 1 heterocycles. The predicted octanol–water partition coefficient (Wildman–Crippen LogP) is 2.19. The maximum Gasteiger partial charge on any atom is 0.251 e. The van der Waals surface area contributed by atoms with Gasteiger partial charge in [-0.15, -0.1) is 0 Å². The van der Waals surface area contributed by atoms with Gasteiger partial charge in [-0.2, -0.15) is 0 Å². The lowest BCUT2D eigenvalue weighted by Crippen LogP contribution is -2.29. The number of H-pyrrole nitrogens is 1. The van der Waals surface area contributed by atoms with Crippen LogP contribution in [0.4, 0.5) is 0 Å². The Hall–Kier alpha value is -1.59. The molecule has 2 unspecified atom stereocenters. The van der Waals surface area contributed by atoms with Crippen LogP contribution in [0, 0.1) is 6.92 Å². The highest BCUT2D eigenvalue weighted by atomic mass is 32.2. The number of benzene rings is 1. The Kier molecular flexibility index (Phi) is 3.63. The van der Waals surface area contributed by atoms with Gasteiger partial charge in [0, 0.05) is 23.1 Å². The Morgan fingerprint density at radius 1 is 1.40 bits per heavy atom. The minimum Gasteiger partial charge on any atom is -0.323 e. The molecule has 3 rings (SSSR count). The Morgan fingerprint density at radius 2 is 2.20 bits per heavy atom. The van der Waals surface area contributed by atoms with E-state index in [-0.39, 0.29) is 16.9 Å². The molecule has 0 spiro atoms. The van der Waals surface area contributed by atoms with Crippen LogP contribution < -0.4 is 11.3 Å². The first-order valence-electron chi connectivity index (χ1n) is 6.71. The highest BCUT2D eigenvalue weighted by Gasteiger charge is 2.27. The number of thioether (sulfide) groups is 1. The van der Waals surface area contributed by atoms with Crippen molar-refractivity contribution in [3.63, 3.8) is 0 Å². The number of aromatic amines is 1. The summed E-state index contributed by atoms with van der Waals surface area (Å²) in [6.07, 6.45) is 2.03. The van der Waals surface area contributed by atoms with Gasteiger partial charge in [0.15, 0.2) is 5.16 Å². The number of rotatable bonds is 2. The van der Waals surface area contributed by atoms with Crippen LogP contribution in [0.3, 0.4) is 0 Å². The second-order valence-electron chi connectivity index (χ2n) is 5.11. The Bertz CT molecular complexity index is 683. The van der Waals surface area contributed by atoms with Gasteiger partial charge >= 0.3 is 0 Å². The molecule has 1 aliphatic rings. The molecule has 0 amide bonds. The van der Waals surface area contributed by atoms with Gasteiger partial charge in [-0.1, -0.05) is 36.0 Å². The van der Waals surface area contributed by atoms with Crippen molar-refractivity contribution in [2.24, 2.45) is 5.73 Å². The molecule has 5 heteroatoms. The number of fused-ring (bicyclic) bond motifs is 1. The van der Waals surface area contributed by atoms with Crippen LogP contribution in [-0.2, 0) is 6.42 Å². The van der Waals surface area contributed by atoms with E-state index in [1.165, 1.54) is 17.2 Å². The molecule has 0 saturated heterocycles. The lowest BCUT2D eigenvalue weighted by molar-refractivity contribution is 0.585. The minimum atomic E-state index is -0.107. The molecule has 3 N–H and O–H groups in total. The van der Waals surface area contributed by atoms with Crippen LogP contribution in [0.25, 0.3) is 0 Å². The van der Waals surface area contributed by atoms with Gasteiger partial charge in [-0.05, 0) is 30.9 Å². The number of nitrogens with one attached hydrogen (secondary N) is 1. The summed E-state index contributed by atoms with van der Waals surface area (Å²) in [7, 11) is 0. The maximum absolute atomic E-state index is 11.5. The van der Waals surface area contributed by atoms with Crippen molar-refractivity contribution in [1.82, 2.24) is 9.97 Å². The monoisotopic (exact) mass is 287 g/mol. The number of aryl methyl sites for hydroxylation is 2. The number of aromatic nitrogens is 2. The topological polar surface area (TPSA) is 71.8 Å². The van der Waals surface area contributed by atoms with E-state index in [0.29, 0.717) is 5.16 Å². The molecule has 0 radical (unpaired) electrons. The molecule has 2 atom stereocenters. The quantitative estimate of drug-likeness (QED) is 0.831. The summed E-state index contributed by atoms with van der Waals surface area (Å²) in [6, 6.07) is 9.80. The van der Waals surface area contributed by atoms with Gasteiger partial charge in [-0.25, -0.2) is 4.98 Å². The summed E-state index contributed by atoms with van der Waals surface area (Å²) in [5, 5.41) is 0.907. The zero-order valence-electron chi connectivity index (χ0n) is 11.3. The van der Waals surface area contributed by atoms with Gasteiger partial charge in [0.1, 0.15) is 0 Å². The van der Waals surface area contributed by atoms with Crippen LogP contribution in [-0.4, -0.2) is 15.2 Å². The van der Waals surface area contributed by atoms with Gasteiger partial charge < -0.3 is 10.7 Å². The molecule has 1 aromatic carbocycles. The Labute approximate surface area is 121 Å². The third kappa shape index (κ3) is 2.64. The molecule has 1 aliphatic carbocycles. The van der Waals surface area contributed by atoms with E-state index in [1.54, 1.807) is 11.8 Å². The highest BCUT2D eigenvalue weighted by Crippen LogP contribution is 2.37. The van der Waals surface area contributed by atoms with Gasteiger partial charge in [-0.3, -0.25) is 4.79 Å². The first kappa shape index (κ1) is 13.4. The normalized spacial score (nSPS) is 21.5. The summed E-state index contributed by atoms with van der Waals surface area (Å²) < 4.78 is 0. The summed E-state index contributed by atoms with van der Waals surface area (Å²) in [5.74, 6) is 0. The van der Waals surface area contributed by atoms with Crippen LogP contribution in [0.1, 0.15) is 29.3 Å². The van der Waals surface area contributed by atoms with Crippen molar-refractivity contribution in [3.8, 4) is 0 Å².